The van der Waals surface area contributed by atoms with Crippen LogP contribution in [0.15, 0.2) is 48.5 Å². The zero-order valence-corrected chi connectivity index (χ0v) is 12.4. The van der Waals surface area contributed by atoms with Gasteiger partial charge in [-0.05, 0) is 41.8 Å². The molecule has 5 nitrogen and oxygen atoms in total. The van der Waals surface area contributed by atoms with Crippen molar-refractivity contribution >= 4 is 17.5 Å². The number of carbonyl (C=O) groups excluding carboxylic acids is 2. The fourth-order valence-corrected chi connectivity index (χ4v) is 1.93. The molecule has 3 N–H and O–H groups in total. The maximum absolute atomic E-state index is 12.8. The summed E-state index contributed by atoms with van der Waals surface area (Å²) in [6, 6.07) is 12.5. The van der Waals surface area contributed by atoms with Crippen LogP contribution in [0.25, 0.3) is 0 Å². The van der Waals surface area contributed by atoms with E-state index in [0.29, 0.717) is 18.7 Å². The minimum Gasteiger partial charge on any atom is -0.392 e. The van der Waals surface area contributed by atoms with Gasteiger partial charge in [-0.3, -0.25) is 9.59 Å². The van der Waals surface area contributed by atoms with Crippen LogP contribution in [0.1, 0.15) is 11.1 Å². The second kappa shape index (κ2) is 8.05. The average Bonchev–Trinajstić information content (AvgIpc) is 2.57. The van der Waals surface area contributed by atoms with Gasteiger partial charge in [-0.25, -0.2) is 4.39 Å². The standard InChI is InChI=1S/C17H17FN2O3/c18-14-5-7-15(8-6-14)20-17(23)16(22)19-10-9-12-1-3-13(11-21)4-2-12/h1-8,21H,9-11H2,(H,19,22)(H,20,23). The molecule has 23 heavy (non-hydrogen) atoms. The molecule has 0 fully saturated rings. The summed E-state index contributed by atoms with van der Waals surface area (Å²) in [6.45, 7) is 0.300. The molecular formula is C17H17FN2O3. The first-order valence-electron chi connectivity index (χ1n) is 7.12. The predicted molar refractivity (Wildman–Crippen MR) is 84.1 cm³/mol. The predicted octanol–water partition coefficient (Wildman–Crippen LogP) is 1.62. The summed E-state index contributed by atoms with van der Waals surface area (Å²) in [5.41, 5.74) is 2.16. The van der Waals surface area contributed by atoms with Crippen molar-refractivity contribution in [2.45, 2.75) is 13.0 Å². The van der Waals surface area contributed by atoms with Gasteiger partial charge in [0.2, 0.25) is 0 Å². The zero-order chi connectivity index (χ0) is 16.7. The summed E-state index contributed by atoms with van der Waals surface area (Å²) in [5, 5.41) is 13.9. The highest BCUT2D eigenvalue weighted by atomic mass is 19.1. The topological polar surface area (TPSA) is 78.4 Å². The van der Waals surface area contributed by atoms with Gasteiger partial charge in [-0.1, -0.05) is 24.3 Å². The Kier molecular flexibility index (Phi) is 5.82. The molecule has 0 bridgehead atoms. The van der Waals surface area contributed by atoms with Gasteiger partial charge in [0.05, 0.1) is 6.61 Å². The van der Waals surface area contributed by atoms with Crippen molar-refractivity contribution < 1.29 is 19.1 Å². The van der Waals surface area contributed by atoms with Gasteiger partial charge >= 0.3 is 11.8 Å². The number of halogens is 1. The molecule has 0 spiro atoms. The van der Waals surface area contributed by atoms with E-state index in [-0.39, 0.29) is 6.61 Å². The van der Waals surface area contributed by atoms with Crippen LogP contribution in [-0.4, -0.2) is 23.5 Å². The van der Waals surface area contributed by atoms with Crippen LogP contribution >= 0.6 is 0 Å². The van der Waals surface area contributed by atoms with Crippen LogP contribution in [0.4, 0.5) is 10.1 Å². The smallest absolute Gasteiger partial charge is 0.313 e. The number of nitrogens with one attached hydrogen (secondary N) is 2. The molecule has 0 aliphatic carbocycles. The highest BCUT2D eigenvalue weighted by molar-refractivity contribution is 6.39. The van der Waals surface area contributed by atoms with Crippen molar-refractivity contribution in [1.29, 1.82) is 0 Å². The molecular weight excluding hydrogens is 299 g/mol. The molecule has 0 aliphatic heterocycles. The number of hydrogen-bond donors (Lipinski definition) is 3. The summed E-state index contributed by atoms with van der Waals surface area (Å²) < 4.78 is 12.8. The molecule has 0 saturated heterocycles. The van der Waals surface area contributed by atoms with E-state index in [9.17, 15) is 14.0 Å². The molecule has 0 atom stereocenters. The molecule has 2 rings (SSSR count). The normalized spacial score (nSPS) is 10.2. The Hall–Kier alpha value is -2.73. The number of carbonyl (C=O) groups is 2. The van der Waals surface area contributed by atoms with Gasteiger partial charge in [-0.15, -0.1) is 0 Å². The third-order valence-electron chi connectivity index (χ3n) is 3.21. The quantitative estimate of drug-likeness (QED) is 0.733. The Morgan fingerprint density at radius 2 is 1.52 bits per heavy atom. The zero-order valence-electron chi connectivity index (χ0n) is 12.4. The summed E-state index contributed by atoms with van der Waals surface area (Å²) in [5.74, 6) is -1.96. The van der Waals surface area contributed by atoms with Crippen molar-refractivity contribution in [2.24, 2.45) is 0 Å². The lowest BCUT2D eigenvalue weighted by molar-refractivity contribution is -0.136. The summed E-state index contributed by atoms with van der Waals surface area (Å²) in [7, 11) is 0. The van der Waals surface area contributed by atoms with E-state index in [1.165, 1.54) is 24.3 Å². The molecule has 6 heteroatoms. The number of anilines is 1. The number of rotatable bonds is 5. The van der Waals surface area contributed by atoms with Crippen molar-refractivity contribution in [3.8, 4) is 0 Å². The molecule has 0 radical (unpaired) electrons. The van der Waals surface area contributed by atoms with Gasteiger partial charge in [0.15, 0.2) is 0 Å². The van der Waals surface area contributed by atoms with Gasteiger partial charge in [0.25, 0.3) is 0 Å². The number of aliphatic hydroxyl groups excluding tert-OH is 1. The molecule has 120 valence electrons. The first-order chi connectivity index (χ1) is 11.1. The van der Waals surface area contributed by atoms with Crippen LogP contribution in [-0.2, 0) is 22.6 Å². The van der Waals surface area contributed by atoms with Crippen LogP contribution < -0.4 is 10.6 Å². The molecule has 0 saturated carbocycles. The van der Waals surface area contributed by atoms with E-state index >= 15 is 0 Å². The van der Waals surface area contributed by atoms with Gasteiger partial charge in [0, 0.05) is 12.2 Å². The van der Waals surface area contributed by atoms with Crippen LogP contribution in [0, 0.1) is 5.82 Å². The minimum atomic E-state index is -0.799. The third-order valence-corrected chi connectivity index (χ3v) is 3.21. The van der Waals surface area contributed by atoms with E-state index in [4.69, 9.17) is 5.11 Å². The number of hydrogen-bond acceptors (Lipinski definition) is 3. The molecule has 2 aromatic rings. The van der Waals surface area contributed by atoms with Crippen LogP contribution in [0.5, 0.6) is 0 Å². The molecule has 0 unspecified atom stereocenters. The fourth-order valence-electron chi connectivity index (χ4n) is 1.93. The highest BCUT2D eigenvalue weighted by Crippen LogP contribution is 2.08. The fraction of sp³-hybridized carbons (Fsp3) is 0.176. The Morgan fingerprint density at radius 1 is 0.913 bits per heavy atom. The van der Waals surface area contributed by atoms with Crippen LogP contribution in [0.3, 0.4) is 0 Å². The maximum atomic E-state index is 12.8. The molecule has 0 heterocycles. The summed E-state index contributed by atoms with van der Waals surface area (Å²) >= 11 is 0. The molecule has 2 amide bonds. The second-order valence-corrected chi connectivity index (χ2v) is 4.94. The van der Waals surface area contributed by atoms with Gasteiger partial charge < -0.3 is 15.7 Å². The second-order valence-electron chi connectivity index (χ2n) is 4.94. The number of amides is 2. The number of benzene rings is 2. The molecule has 0 aliphatic rings. The van der Waals surface area contributed by atoms with E-state index in [0.717, 1.165) is 11.1 Å². The van der Waals surface area contributed by atoms with Crippen LogP contribution in [0.2, 0.25) is 0 Å². The van der Waals surface area contributed by atoms with Crippen molar-refractivity contribution in [3.05, 3.63) is 65.5 Å². The Bertz CT molecular complexity index is 669. The number of aliphatic hydroxyl groups is 1. The van der Waals surface area contributed by atoms with Crippen molar-refractivity contribution in [2.75, 3.05) is 11.9 Å². The van der Waals surface area contributed by atoms with E-state index in [2.05, 4.69) is 10.6 Å². The van der Waals surface area contributed by atoms with Gasteiger partial charge in [-0.2, -0.15) is 0 Å². The lowest BCUT2D eigenvalue weighted by Gasteiger charge is -2.07. The van der Waals surface area contributed by atoms with Crippen molar-refractivity contribution in [3.63, 3.8) is 0 Å². The summed E-state index contributed by atoms with van der Waals surface area (Å²) in [4.78, 5) is 23.4. The third kappa shape index (κ3) is 5.19. The summed E-state index contributed by atoms with van der Waals surface area (Å²) in [6.07, 6.45) is 0.571. The largest absolute Gasteiger partial charge is 0.392 e. The van der Waals surface area contributed by atoms with E-state index < -0.39 is 17.6 Å². The maximum Gasteiger partial charge on any atom is 0.313 e. The Labute approximate surface area is 133 Å². The van der Waals surface area contributed by atoms with Gasteiger partial charge in [0.1, 0.15) is 5.82 Å². The minimum absolute atomic E-state index is 0.0133. The first kappa shape index (κ1) is 16.6. The lowest BCUT2D eigenvalue weighted by Crippen LogP contribution is -2.36. The Balaban J connectivity index is 1.77. The first-order valence-corrected chi connectivity index (χ1v) is 7.12. The lowest BCUT2D eigenvalue weighted by atomic mass is 10.1. The van der Waals surface area contributed by atoms with Crippen molar-refractivity contribution in [1.82, 2.24) is 5.32 Å². The monoisotopic (exact) mass is 316 g/mol. The Morgan fingerprint density at radius 3 is 2.13 bits per heavy atom. The molecule has 2 aromatic carbocycles. The molecule has 0 aromatic heterocycles. The van der Waals surface area contributed by atoms with E-state index in [1.54, 1.807) is 12.1 Å². The average molecular weight is 316 g/mol. The highest BCUT2D eigenvalue weighted by Gasteiger charge is 2.12. The van der Waals surface area contributed by atoms with E-state index in [1.807, 2.05) is 12.1 Å². The SMILES string of the molecule is O=C(NCCc1ccc(CO)cc1)C(=O)Nc1ccc(F)cc1.